The van der Waals surface area contributed by atoms with Gasteiger partial charge in [-0.1, -0.05) is 0 Å². The van der Waals surface area contributed by atoms with Crippen LogP contribution in [0.5, 0.6) is 0 Å². The highest BCUT2D eigenvalue weighted by Crippen LogP contribution is 2.45. The molecule has 0 aromatic carbocycles. The quantitative estimate of drug-likeness (QED) is 0.839. The Labute approximate surface area is 132 Å². The van der Waals surface area contributed by atoms with E-state index in [9.17, 15) is 14.4 Å². The number of Topliss-reactive ketones (excluding diaryl/α,β-unsaturated/α-hetero) is 1. The van der Waals surface area contributed by atoms with Gasteiger partial charge in [-0.2, -0.15) is 0 Å². The van der Waals surface area contributed by atoms with E-state index < -0.39 is 6.09 Å². The molecule has 7 heteroatoms. The molecule has 2 N–H and O–H groups in total. The van der Waals surface area contributed by atoms with Gasteiger partial charge < -0.3 is 19.9 Å². The van der Waals surface area contributed by atoms with Gasteiger partial charge in [-0.3, -0.25) is 9.59 Å². The molecule has 0 unspecified atom stereocenters. The van der Waals surface area contributed by atoms with Crippen LogP contribution >= 0.6 is 0 Å². The van der Waals surface area contributed by atoms with Crippen molar-refractivity contribution < 1.29 is 19.1 Å². The molecule has 0 atom stereocenters. The van der Waals surface area contributed by atoms with E-state index in [-0.39, 0.29) is 18.2 Å². The Bertz CT molecular complexity index is 782. The fraction of sp³-hybridized carbons (Fsp3) is 0.438. The Hall–Kier alpha value is -2.57. The third-order valence-corrected chi connectivity index (χ3v) is 4.62. The van der Waals surface area contributed by atoms with Crippen LogP contribution in [0.1, 0.15) is 50.9 Å². The van der Waals surface area contributed by atoms with Gasteiger partial charge in [0.2, 0.25) is 11.6 Å². The molecule has 4 rings (SSSR count). The van der Waals surface area contributed by atoms with E-state index in [4.69, 9.17) is 10.5 Å². The van der Waals surface area contributed by atoms with Crippen LogP contribution in [0.4, 0.5) is 4.79 Å². The molecule has 2 fully saturated rings. The monoisotopic (exact) mass is 315 g/mol. The van der Waals surface area contributed by atoms with Crippen molar-refractivity contribution in [3.63, 3.8) is 0 Å². The summed E-state index contributed by atoms with van der Waals surface area (Å²) in [6.07, 6.45) is 2.55. The average molecular weight is 315 g/mol. The summed E-state index contributed by atoms with van der Waals surface area (Å²) in [5.74, 6) is -0.0266. The van der Waals surface area contributed by atoms with Crippen LogP contribution in [0, 0.1) is 0 Å². The van der Waals surface area contributed by atoms with Crippen molar-refractivity contribution in [2.24, 2.45) is 12.8 Å². The second-order valence-electron chi connectivity index (χ2n) is 6.24. The smallest absolute Gasteiger partial charge is 0.404 e. The molecule has 3 aliphatic rings. The fourth-order valence-electron chi connectivity index (χ4n) is 3.37. The third kappa shape index (κ3) is 2.15. The number of hydrogen-bond donors (Lipinski definition) is 1. The summed E-state index contributed by atoms with van der Waals surface area (Å²) in [5.41, 5.74) is 7.84. The molecule has 1 aromatic rings. The van der Waals surface area contributed by atoms with Crippen LogP contribution in [0.15, 0.2) is 11.8 Å². The largest absolute Gasteiger partial charge is 0.445 e. The number of rotatable bonds is 4. The highest BCUT2D eigenvalue weighted by Gasteiger charge is 2.41. The fourth-order valence-corrected chi connectivity index (χ4v) is 3.37. The second kappa shape index (κ2) is 4.71. The number of allylic oxidation sites excluding steroid dienone is 2. The van der Waals surface area contributed by atoms with E-state index >= 15 is 0 Å². The summed E-state index contributed by atoms with van der Waals surface area (Å²) in [5, 5.41) is 0. The molecule has 120 valence electrons. The lowest BCUT2D eigenvalue weighted by atomic mass is 9.94. The van der Waals surface area contributed by atoms with Gasteiger partial charge in [-0.15, -0.1) is 0 Å². The van der Waals surface area contributed by atoms with E-state index in [1.54, 1.807) is 11.6 Å². The molecule has 23 heavy (non-hydrogen) atoms. The Morgan fingerprint density at radius 3 is 2.61 bits per heavy atom. The number of amides is 1. The molecule has 1 aromatic heterocycles. The standard InChI is InChI=1S/C16H17N3O4/c1-18-13(8-2-3-8)9(7-23-16(17)22)12-14(18)11(20)6-10(15(12)21)19-4-5-19/h6,8H,2-5,7H2,1H3,(H2,17,22). The molecule has 1 aliphatic heterocycles. The van der Waals surface area contributed by atoms with Gasteiger partial charge in [0, 0.05) is 37.5 Å². The Balaban J connectivity index is 1.85. The summed E-state index contributed by atoms with van der Waals surface area (Å²) in [4.78, 5) is 38.3. The lowest BCUT2D eigenvalue weighted by Crippen LogP contribution is -2.23. The molecule has 0 radical (unpaired) electrons. The van der Waals surface area contributed by atoms with Crippen molar-refractivity contribution in [3.05, 3.63) is 34.3 Å². The number of primary amides is 1. The first-order valence-electron chi connectivity index (χ1n) is 7.68. The zero-order valence-corrected chi connectivity index (χ0v) is 12.8. The molecular formula is C16H17N3O4. The zero-order valence-electron chi connectivity index (χ0n) is 12.8. The lowest BCUT2D eigenvalue weighted by molar-refractivity contribution is 0.0963. The van der Waals surface area contributed by atoms with E-state index in [1.165, 1.54) is 6.08 Å². The van der Waals surface area contributed by atoms with E-state index in [0.29, 0.717) is 28.4 Å². The molecule has 1 saturated heterocycles. The van der Waals surface area contributed by atoms with Crippen LogP contribution in [-0.2, 0) is 18.4 Å². The van der Waals surface area contributed by atoms with Crippen molar-refractivity contribution in [1.82, 2.24) is 9.47 Å². The first-order chi connectivity index (χ1) is 11.0. The number of carbonyl (C=O) groups excluding carboxylic acids is 3. The summed E-state index contributed by atoms with van der Waals surface area (Å²) >= 11 is 0. The van der Waals surface area contributed by atoms with Crippen LogP contribution < -0.4 is 5.73 Å². The normalized spacial score (nSPS) is 19.5. The van der Waals surface area contributed by atoms with Gasteiger partial charge in [0.05, 0.1) is 11.3 Å². The summed E-state index contributed by atoms with van der Waals surface area (Å²) < 4.78 is 6.74. The minimum Gasteiger partial charge on any atom is -0.445 e. The number of aromatic nitrogens is 1. The minimum atomic E-state index is -0.888. The van der Waals surface area contributed by atoms with Crippen molar-refractivity contribution in [2.45, 2.75) is 25.4 Å². The van der Waals surface area contributed by atoms with Crippen molar-refractivity contribution >= 4 is 17.7 Å². The van der Waals surface area contributed by atoms with Gasteiger partial charge in [-0.25, -0.2) is 4.79 Å². The number of nitrogens with two attached hydrogens (primary N) is 1. The van der Waals surface area contributed by atoms with E-state index in [1.807, 2.05) is 4.90 Å². The number of nitrogens with zero attached hydrogens (tertiary/aromatic N) is 2. The van der Waals surface area contributed by atoms with Gasteiger partial charge in [0.1, 0.15) is 12.3 Å². The van der Waals surface area contributed by atoms with Crippen LogP contribution in [-0.4, -0.2) is 40.2 Å². The van der Waals surface area contributed by atoms with Crippen molar-refractivity contribution in [3.8, 4) is 0 Å². The van der Waals surface area contributed by atoms with Crippen LogP contribution in [0.2, 0.25) is 0 Å². The number of ether oxygens (including phenoxy) is 1. The van der Waals surface area contributed by atoms with E-state index in [2.05, 4.69) is 0 Å². The van der Waals surface area contributed by atoms with Crippen LogP contribution in [0.25, 0.3) is 0 Å². The molecule has 1 saturated carbocycles. The molecule has 2 aliphatic carbocycles. The minimum absolute atomic E-state index is 0.0728. The first kappa shape index (κ1) is 14.0. The molecule has 1 amide bonds. The Morgan fingerprint density at radius 2 is 2.04 bits per heavy atom. The number of ketones is 2. The maximum absolute atomic E-state index is 12.9. The molecule has 2 heterocycles. The SMILES string of the molecule is Cn1c2c(c(COC(N)=O)c1C1CC1)C(=O)C(N1CC1)=CC2=O. The van der Waals surface area contributed by atoms with Crippen LogP contribution in [0.3, 0.4) is 0 Å². The zero-order chi connectivity index (χ0) is 16.3. The lowest BCUT2D eigenvalue weighted by Gasteiger charge is -2.15. The first-order valence-corrected chi connectivity index (χ1v) is 7.68. The molecule has 0 bridgehead atoms. The second-order valence-corrected chi connectivity index (χ2v) is 6.24. The highest BCUT2D eigenvalue weighted by molar-refractivity contribution is 6.24. The summed E-state index contributed by atoms with van der Waals surface area (Å²) in [6, 6.07) is 0. The van der Waals surface area contributed by atoms with E-state index in [0.717, 1.165) is 31.6 Å². The molecular weight excluding hydrogens is 298 g/mol. The summed E-state index contributed by atoms with van der Waals surface area (Å²) in [6.45, 7) is 1.50. The number of hydrogen-bond acceptors (Lipinski definition) is 5. The Morgan fingerprint density at radius 1 is 1.35 bits per heavy atom. The van der Waals surface area contributed by atoms with Gasteiger partial charge in [-0.05, 0) is 18.8 Å². The highest BCUT2D eigenvalue weighted by atomic mass is 16.5. The van der Waals surface area contributed by atoms with Crippen molar-refractivity contribution in [1.29, 1.82) is 0 Å². The summed E-state index contributed by atoms with van der Waals surface area (Å²) in [7, 11) is 1.79. The molecule has 0 spiro atoms. The predicted molar refractivity (Wildman–Crippen MR) is 80.1 cm³/mol. The average Bonchev–Trinajstić information content (AvgIpc) is 3.38. The predicted octanol–water partition coefficient (Wildman–Crippen LogP) is 1.08. The maximum atomic E-state index is 12.9. The van der Waals surface area contributed by atoms with Gasteiger partial charge in [0.25, 0.3) is 0 Å². The topological polar surface area (TPSA) is 94.4 Å². The Kier molecular flexibility index (Phi) is 2.88. The van der Waals surface area contributed by atoms with Gasteiger partial charge >= 0.3 is 6.09 Å². The van der Waals surface area contributed by atoms with Crippen molar-refractivity contribution in [2.75, 3.05) is 13.1 Å². The molecule has 7 nitrogen and oxygen atoms in total. The number of fused-ring (bicyclic) bond motifs is 1. The number of carbonyl (C=O) groups is 3. The van der Waals surface area contributed by atoms with Gasteiger partial charge in [0.15, 0.2) is 0 Å². The third-order valence-electron chi connectivity index (χ3n) is 4.62. The maximum Gasteiger partial charge on any atom is 0.404 e.